The lowest BCUT2D eigenvalue weighted by Gasteiger charge is -2.18. The second-order valence-corrected chi connectivity index (χ2v) is 6.05. The maximum atomic E-state index is 4.59. The Kier molecular flexibility index (Phi) is 3.60. The molecule has 1 atom stereocenters. The molecule has 0 amide bonds. The Morgan fingerprint density at radius 2 is 2.25 bits per heavy atom. The van der Waals surface area contributed by atoms with Gasteiger partial charge in [0.1, 0.15) is 5.82 Å². The summed E-state index contributed by atoms with van der Waals surface area (Å²) in [6.07, 6.45) is 6.72. The van der Waals surface area contributed by atoms with Gasteiger partial charge in [0.2, 0.25) is 5.95 Å². The van der Waals surface area contributed by atoms with E-state index in [9.17, 15) is 0 Å². The SMILES string of the molecule is CN(C)c1ccnc(N2CCC(n3cc(Br)cn3)C2)n1. The number of anilines is 2. The zero-order valence-electron chi connectivity index (χ0n) is 11.6. The Hall–Kier alpha value is -1.63. The summed E-state index contributed by atoms with van der Waals surface area (Å²) in [5.74, 6) is 1.73. The maximum Gasteiger partial charge on any atom is 0.227 e. The van der Waals surface area contributed by atoms with E-state index in [4.69, 9.17) is 0 Å². The van der Waals surface area contributed by atoms with Gasteiger partial charge in [-0.05, 0) is 28.4 Å². The first-order valence-corrected chi connectivity index (χ1v) is 7.38. The molecule has 1 fully saturated rings. The van der Waals surface area contributed by atoms with Crippen LogP contribution in [0.1, 0.15) is 12.5 Å². The van der Waals surface area contributed by atoms with Gasteiger partial charge in [-0.2, -0.15) is 10.1 Å². The quantitative estimate of drug-likeness (QED) is 0.857. The van der Waals surface area contributed by atoms with Crippen molar-refractivity contribution in [2.45, 2.75) is 12.5 Å². The number of halogens is 1. The third-order valence-corrected chi connectivity index (χ3v) is 3.89. The minimum Gasteiger partial charge on any atom is -0.363 e. The van der Waals surface area contributed by atoms with E-state index in [1.807, 2.05) is 48.3 Å². The summed E-state index contributed by atoms with van der Waals surface area (Å²) >= 11 is 3.44. The zero-order valence-corrected chi connectivity index (χ0v) is 13.2. The minimum atomic E-state index is 0.382. The van der Waals surface area contributed by atoms with E-state index in [0.717, 1.165) is 35.7 Å². The standard InChI is InChI=1S/C13H17BrN6/c1-18(2)12-3-5-15-13(17-12)19-6-4-11(9-19)20-8-10(14)7-16-20/h3,5,7-8,11H,4,6,9H2,1-2H3. The molecule has 0 bridgehead atoms. The van der Waals surface area contributed by atoms with Gasteiger partial charge in [0.05, 0.1) is 16.7 Å². The molecule has 1 aliphatic rings. The van der Waals surface area contributed by atoms with E-state index in [1.165, 1.54) is 0 Å². The summed E-state index contributed by atoms with van der Waals surface area (Å²) in [6, 6.07) is 2.30. The van der Waals surface area contributed by atoms with Crippen molar-refractivity contribution in [1.29, 1.82) is 0 Å². The van der Waals surface area contributed by atoms with Crippen molar-refractivity contribution in [2.75, 3.05) is 37.0 Å². The van der Waals surface area contributed by atoms with Gasteiger partial charge >= 0.3 is 0 Å². The average molecular weight is 337 g/mol. The van der Waals surface area contributed by atoms with Crippen molar-refractivity contribution in [3.63, 3.8) is 0 Å². The van der Waals surface area contributed by atoms with Crippen molar-refractivity contribution in [3.05, 3.63) is 29.1 Å². The fourth-order valence-electron chi connectivity index (χ4n) is 2.39. The third kappa shape index (κ3) is 2.63. The van der Waals surface area contributed by atoms with Gasteiger partial charge in [-0.25, -0.2) is 4.98 Å². The molecule has 3 rings (SSSR count). The molecular weight excluding hydrogens is 320 g/mol. The molecule has 6 nitrogen and oxygen atoms in total. The summed E-state index contributed by atoms with van der Waals surface area (Å²) in [5.41, 5.74) is 0. The van der Waals surface area contributed by atoms with Crippen LogP contribution in [0.3, 0.4) is 0 Å². The fraction of sp³-hybridized carbons (Fsp3) is 0.462. The van der Waals surface area contributed by atoms with Crippen LogP contribution in [0.4, 0.5) is 11.8 Å². The smallest absolute Gasteiger partial charge is 0.227 e. The lowest BCUT2D eigenvalue weighted by Crippen LogP contribution is -2.24. The summed E-state index contributed by atoms with van der Waals surface area (Å²) in [7, 11) is 3.97. The summed E-state index contributed by atoms with van der Waals surface area (Å²) in [5, 5.41) is 4.37. The number of hydrogen-bond donors (Lipinski definition) is 0. The highest BCUT2D eigenvalue weighted by Crippen LogP contribution is 2.25. The van der Waals surface area contributed by atoms with Crippen molar-refractivity contribution in [2.24, 2.45) is 0 Å². The van der Waals surface area contributed by atoms with Crippen molar-refractivity contribution in [1.82, 2.24) is 19.7 Å². The maximum absolute atomic E-state index is 4.59. The van der Waals surface area contributed by atoms with Gasteiger partial charge in [0.15, 0.2) is 0 Å². The van der Waals surface area contributed by atoms with Gasteiger partial charge in [-0.1, -0.05) is 0 Å². The Bertz CT molecular complexity index is 596. The molecular formula is C13H17BrN6. The van der Waals surface area contributed by atoms with Crippen LogP contribution in [0.25, 0.3) is 0 Å². The molecule has 0 aromatic carbocycles. The molecule has 2 aromatic rings. The Morgan fingerprint density at radius 3 is 2.95 bits per heavy atom. The molecule has 20 heavy (non-hydrogen) atoms. The van der Waals surface area contributed by atoms with E-state index in [-0.39, 0.29) is 0 Å². The number of hydrogen-bond acceptors (Lipinski definition) is 5. The second-order valence-electron chi connectivity index (χ2n) is 5.14. The Morgan fingerprint density at radius 1 is 1.40 bits per heavy atom. The van der Waals surface area contributed by atoms with Crippen LogP contribution in [0, 0.1) is 0 Å². The third-order valence-electron chi connectivity index (χ3n) is 3.48. The largest absolute Gasteiger partial charge is 0.363 e. The lowest BCUT2D eigenvalue weighted by atomic mass is 10.3. The first-order valence-electron chi connectivity index (χ1n) is 6.58. The van der Waals surface area contributed by atoms with E-state index in [2.05, 4.69) is 35.9 Å². The number of rotatable bonds is 3. The summed E-state index contributed by atoms with van der Waals surface area (Å²) in [6.45, 7) is 1.85. The molecule has 1 saturated heterocycles. The van der Waals surface area contributed by atoms with Crippen LogP contribution in [-0.2, 0) is 0 Å². The topological polar surface area (TPSA) is 50.1 Å². The molecule has 0 aliphatic carbocycles. The highest BCUT2D eigenvalue weighted by molar-refractivity contribution is 9.10. The van der Waals surface area contributed by atoms with E-state index in [1.54, 1.807) is 0 Å². The van der Waals surface area contributed by atoms with E-state index >= 15 is 0 Å². The van der Waals surface area contributed by atoms with Crippen molar-refractivity contribution >= 4 is 27.7 Å². The monoisotopic (exact) mass is 336 g/mol. The van der Waals surface area contributed by atoms with Crippen LogP contribution >= 0.6 is 15.9 Å². The van der Waals surface area contributed by atoms with Gasteiger partial charge in [-0.3, -0.25) is 4.68 Å². The van der Waals surface area contributed by atoms with E-state index < -0.39 is 0 Å². The minimum absolute atomic E-state index is 0.382. The molecule has 1 unspecified atom stereocenters. The normalized spacial score (nSPS) is 18.6. The molecule has 2 aromatic heterocycles. The lowest BCUT2D eigenvalue weighted by molar-refractivity contribution is 0.494. The highest BCUT2D eigenvalue weighted by atomic mass is 79.9. The Balaban J connectivity index is 1.75. The molecule has 0 spiro atoms. The molecule has 0 radical (unpaired) electrons. The summed E-state index contributed by atoms with van der Waals surface area (Å²) < 4.78 is 3.03. The van der Waals surface area contributed by atoms with Gasteiger partial charge in [0.25, 0.3) is 0 Å². The molecule has 0 saturated carbocycles. The van der Waals surface area contributed by atoms with Crippen LogP contribution in [0.2, 0.25) is 0 Å². The van der Waals surface area contributed by atoms with Crippen molar-refractivity contribution < 1.29 is 0 Å². The number of aromatic nitrogens is 4. The van der Waals surface area contributed by atoms with Crippen molar-refractivity contribution in [3.8, 4) is 0 Å². The molecule has 7 heteroatoms. The molecule has 3 heterocycles. The molecule has 106 valence electrons. The predicted octanol–water partition coefficient (Wildman–Crippen LogP) is 1.95. The van der Waals surface area contributed by atoms with Gasteiger partial charge in [0, 0.05) is 39.6 Å². The average Bonchev–Trinajstić information content (AvgIpc) is 3.07. The molecule has 1 aliphatic heterocycles. The van der Waals surface area contributed by atoms with Crippen LogP contribution < -0.4 is 9.80 Å². The zero-order chi connectivity index (χ0) is 14.1. The Labute approximate surface area is 126 Å². The second kappa shape index (κ2) is 5.40. The van der Waals surface area contributed by atoms with Gasteiger partial charge in [-0.15, -0.1) is 0 Å². The predicted molar refractivity (Wildman–Crippen MR) is 82.2 cm³/mol. The first-order chi connectivity index (χ1) is 9.63. The van der Waals surface area contributed by atoms with Crippen LogP contribution in [-0.4, -0.2) is 46.9 Å². The van der Waals surface area contributed by atoms with Crippen LogP contribution in [0.15, 0.2) is 29.1 Å². The molecule has 0 N–H and O–H groups in total. The van der Waals surface area contributed by atoms with E-state index in [0.29, 0.717) is 6.04 Å². The van der Waals surface area contributed by atoms with Gasteiger partial charge < -0.3 is 9.80 Å². The first kappa shape index (κ1) is 13.4. The highest BCUT2D eigenvalue weighted by Gasteiger charge is 2.26. The number of nitrogens with zero attached hydrogens (tertiary/aromatic N) is 6. The van der Waals surface area contributed by atoms with Crippen LogP contribution in [0.5, 0.6) is 0 Å². The summed E-state index contributed by atoms with van der Waals surface area (Å²) in [4.78, 5) is 13.2. The fourth-order valence-corrected chi connectivity index (χ4v) is 2.70.